The molecule has 8 heteroatoms. The van der Waals surface area contributed by atoms with E-state index in [1.165, 1.54) is 10.6 Å². The second-order valence-corrected chi connectivity index (χ2v) is 10.8. The summed E-state index contributed by atoms with van der Waals surface area (Å²) in [7, 11) is -3.50. The highest BCUT2D eigenvalue weighted by molar-refractivity contribution is 7.92. The summed E-state index contributed by atoms with van der Waals surface area (Å²) >= 11 is 0. The van der Waals surface area contributed by atoms with Gasteiger partial charge in [0.2, 0.25) is 21.8 Å². The van der Waals surface area contributed by atoms with E-state index in [9.17, 15) is 18.0 Å². The maximum Gasteiger partial charge on any atom is 0.242 e. The smallest absolute Gasteiger partial charge is 0.242 e. The summed E-state index contributed by atoms with van der Waals surface area (Å²) in [6.45, 7) is 6.97. The summed E-state index contributed by atoms with van der Waals surface area (Å²) in [6, 6.07) is 16.3. The molecular formula is C27H39N3O4S. The summed E-state index contributed by atoms with van der Waals surface area (Å²) in [4.78, 5) is 27.9. The Morgan fingerprint density at radius 3 is 2.31 bits per heavy atom. The number of rotatable bonds is 14. The average molecular weight is 502 g/mol. The molecule has 7 nitrogen and oxygen atoms in total. The van der Waals surface area contributed by atoms with Gasteiger partial charge in [-0.3, -0.25) is 13.9 Å². The van der Waals surface area contributed by atoms with E-state index in [0.29, 0.717) is 31.6 Å². The van der Waals surface area contributed by atoms with Gasteiger partial charge in [-0.2, -0.15) is 0 Å². The van der Waals surface area contributed by atoms with Crippen molar-refractivity contribution < 1.29 is 18.0 Å². The lowest BCUT2D eigenvalue weighted by molar-refractivity contribution is -0.141. The number of amides is 2. The van der Waals surface area contributed by atoms with Gasteiger partial charge in [0.25, 0.3) is 0 Å². The molecule has 1 N–H and O–H groups in total. The van der Waals surface area contributed by atoms with Gasteiger partial charge in [0.15, 0.2) is 0 Å². The molecule has 0 heterocycles. The first-order valence-electron chi connectivity index (χ1n) is 12.3. The van der Waals surface area contributed by atoms with E-state index in [1.54, 1.807) is 11.0 Å². The van der Waals surface area contributed by atoms with Crippen LogP contribution in [0.3, 0.4) is 0 Å². The van der Waals surface area contributed by atoms with Crippen LogP contribution in [0.1, 0.15) is 57.1 Å². The van der Waals surface area contributed by atoms with Crippen LogP contribution in [0.4, 0.5) is 5.69 Å². The van der Waals surface area contributed by atoms with Crippen LogP contribution < -0.4 is 9.62 Å². The van der Waals surface area contributed by atoms with Crippen molar-refractivity contribution in [2.45, 2.75) is 65.5 Å². The van der Waals surface area contributed by atoms with E-state index in [4.69, 9.17) is 0 Å². The number of carbonyl (C=O) groups is 2. The Bertz CT molecular complexity index is 1060. The van der Waals surface area contributed by atoms with Gasteiger partial charge in [0.05, 0.1) is 11.9 Å². The fourth-order valence-electron chi connectivity index (χ4n) is 3.99. The molecule has 0 saturated carbocycles. The van der Waals surface area contributed by atoms with Gasteiger partial charge in [-0.15, -0.1) is 0 Å². The van der Waals surface area contributed by atoms with Crippen molar-refractivity contribution in [3.8, 4) is 0 Å². The second-order valence-electron chi connectivity index (χ2n) is 8.85. The Morgan fingerprint density at radius 1 is 1.00 bits per heavy atom. The Balaban J connectivity index is 2.16. The van der Waals surface area contributed by atoms with Crippen molar-refractivity contribution in [3.63, 3.8) is 0 Å². The van der Waals surface area contributed by atoms with Crippen molar-refractivity contribution in [1.82, 2.24) is 10.2 Å². The lowest BCUT2D eigenvalue weighted by atomic mass is 10.1. The maximum absolute atomic E-state index is 13.4. The van der Waals surface area contributed by atoms with Crippen molar-refractivity contribution in [1.29, 1.82) is 0 Å². The molecule has 1 atom stereocenters. The molecule has 0 aliphatic rings. The zero-order chi connectivity index (χ0) is 25.8. The Labute approximate surface area is 210 Å². The van der Waals surface area contributed by atoms with Gasteiger partial charge in [0.1, 0.15) is 6.04 Å². The van der Waals surface area contributed by atoms with E-state index >= 15 is 0 Å². The van der Waals surface area contributed by atoms with Crippen LogP contribution in [-0.2, 0) is 26.2 Å². The molecule has 35 heavy (non-hydrogen) atoms. The van der Waals surface area contributed by atoms with Crippen molar-refractivity contribution >= 4 is 27.5 Å². The number of sulfonamides is 1. The highest BCUT2D eigenvalue weighted by Gasteiger charge is 2.28. The lowest BCUT2D eigenvalue weighted by Crippen LogP contribution is -2.49. The molecule has 0 radical (unpaired) electrons. The summed E-state index contributed by atoms with van der Waals surface area (Å²) in [6.07, 6.45) is 4.01. The van der Waals surface area contributed by atoms with Gasteiger partial charge < -0.3 is 10.2 Å². The Morgan fingerprint density at radius 2 is 1.71 bits per heavy atom. The topological polar surface area (TPSA) is 86.8 Å². The second kappa shape index (κ2) is 13.9. The lowest BCUT2D eigenvalue weighted by Gasteiger charge is -2.31. The fraction of sp³-hybridized carbons (Fsp3) is 0.481. The van der Waals surface area contributed by atoms with E-state index < -0.39 is 16.1 Å². The number of anilines is 1. The molecule has 0 spiro atoms. The number of carbonyl (C=O) groups excluding carboxylic acids is 2. The number of aryl methyl sites for hydroxylation is 1. The quantitative estimate of drug-likeness (QED) is 0.392. The number of nitrogens with zero attached hydrogens (tertiary/aromatic N) is 2. The Hall–Kier alpha value is -2.87. The molecule has 0 bridgehead atoms. The molecule has 192 valence electrons. The first-order valence-corrected chi connectivity index (χ1v) is 14.2. The molecule has 2 aromatic rings. The van der Waals surface area contributed by atoms with Gasteiger partial charge >= 0.3 is 0 Å². The number of hydrogen-bond acceptors (Lipinski definition) is 4. The molecule has 2 aromatic carbocycles. The third kappa shape index (κ3) is 9.02. The van der Waals surface area contributed by atoms with Crippen LogP contribution in [-0.4, -0.2) is 50.5 Å². The molecular weight excluding hydrogens is 462 g/mol. The van der Waals surface area contributed by atoms with Gasteiger partial charge in [-0.25, -0.2) is 8.42 Å². The third-order valence-corrected chi connectivity index (χ3v) is 7.05. The molecule has 0 unspecified atom stereocenters. The molecule has 2 rings (SSSR count). The highest BCUT2D eigenvalue weighted by Crippen LogP contribution is 2.20. The number of unbranched alkanes of at least 4 members (excludes halogenated alkanes) is 1. The largest absolute Gasteiger partial charge is 0.354 e. The third-order valence-electron chi connectivity index (χ3n) is 5.85. The van der Waals surface area contributed by atoms with E-state index in [-0.39, 0.29) is 24.8 Å². The minimum atomic E-state index is -3.50. The molecule has 2 amide bonds. The summed E-state index contributed by atoms with van der Waals surface area (Å²) < 4.78 is 26.2. The van der Waals surface area contributed by atoms with Gasteiger partial charge in [0, 0.05) is 26.1 Å². The van der Waals surface area contributed by atoms with Crippen LogP contribution in [0.25, 0.3) is 0 Å². The first-order chi connectivity index (χ1) is 16.7. The summed E-state index contributed by atoms with van der Waals surface area (Å²) in [5, 5.41) is 2.96. The maximum atomic E-state index is 13.4. The molecule has 0 aliphatic carbocycles. The first kappa shape index (κ1) is 28.4. The van der Waals surface area contributed by atoms with Crippen molar-refractivity contribution in [2.24, 2.45) is 0 Å². The number of nitrogens with one attached hydrogen (secondary N) is 1. The molecule has 0 saturated heterocycles. The van der Waals surface area contributed by atoms with E-state index in [0.717, 1.165) is 24.0 Å². The van der Waals surface area contributed by atoms with Crippen LogP contribution in [0.5, 0.6) is 0 Å². The zero-order valence-corrected chi connectivity index (χ0v) is 22.2. The molecule has 0 fully saturated rings. The van der Waals surface area contributed by atoms with Crippen LogP contribution in [0.15, 0.2) is 54.6 Å². The Kier molecular flexibility index (Phi) is 11.2. The molecule has 0 aromatic heterocycles. The van der Waals surface area contributed by atoms with Gasteiger partial charge in [-0.1, -0.05) is 62.7 Å². The predicted octanol–water partition coefficient (Wildman–Crippen LogP) is 4.26. The minimum Gasteiger partial charge on any atom is -0.354 e. The zero-order valence-electron chi connectivity index (χ0n) is 21.4. The molecule has 0 aliphatic heterocycles. The minimum absolute atomic E-state index is 0.142. The van der Waals surface area contributed by atoms with Crippen LogP contribution in [0.2, 0.25) is 0 Å². The van der Waals surface area contributed by atoms with Crippen LogP contribution >= 0.6 is 0 Å². The fourth-order valence-corrected chi connectivity index (χ4v) is 4.95. The van der Waals surface area contributed by atoms with Crippen LogP contribution in [0, 0.1) is 6.92 Å². The summed E-state index contributed by atoms with van der Waals surface area (Å²) in [5.74, 6) is -0.313. The predicted molar refractivity (Wildman–Crippen MR) is 142 cm³/mol. The number of hydrogen-bond donors (Lipinski definition) is 1. The normalized spacial score (nSPS) is 12.1. The van der Waals surface area contributed by atoms with Crippen molar-refractivity contribution in [3.05, 3.63) is 65.7 Å². The number of benzene rings is 2. The van der Waals surface area contributed by atoms with E-state index in [1.807, 2.05) is 62.4 Å². The van der Waals surface area contributed by atoms with Crippen molar-refractivity contribution in [2.75, 3.05) is 23.7 Å². The van der Waals surface area contributed by atoms with E-state index in [2.05, 4.69) is 12.2 Å². The highest BCUT2D eigenvalue weighted by atomic mass is 32.2. The average Bonchev–Trinajstić information content (AvgIpc) is 2.81. The standard InChI is InChI=1S/C27H39N3O4S/c1-5-7-18-28-27(32)25(6-2)29(21-23-14-9-8-10-15-23)26(31)17-12-19-30(35(4,33)34)24-16-11-13-22(3)20-24/h8-11,13-16,20,25H,5-7,12,17-19,21H2,1-4H3,(H,28,32)/t25-/m0/s1. The van der Waals surface area contributed by atoms with Gasteiger partial charge in [-0.05, 0) is 49.4 Å². The monoisotopic (exact) mass is 501 g/mol. The summed E-state index contributed by atoms with van der Waals surface area (Å²) in [5.41, 5.74) is 2.49. The SMILES string of the molecule is CCCCNC(=O)[C@H](CC)N(Cc1ccccc1)C(=O)CCCN(c1cccc(C)c1)S(C)(=O)=O.